The van der Waals surface area contributed by atoms with Gasteiger partial charge in [0.25, 0.3) is 0 Å². The first kappa shape index (κ1) is 13.1. The first-order chi connectivity index (χ1) is 8.66. The molecule has 1 aromatic heterocycles. The number of carbonyl (C=O) groups excluding carboxylic acids is 2. The second-order valence-corrected chi connectivity index (χ2v) is 5.39. The minimum absolute atomic E-state index is 0.271. The minimum atomic E-state index is -0.422. The van der Waals surface area contributed by atoms with Crippen molar-refractivity contribution in [2.45, 2.75) is 38.1 Å². The van der Waals surface area contributed by atoms with Crippen molar-refractivity contribution < 1.29 is 14.3 Å². The molecule has 1 aromatic rings. The molecule has 1 fully saturated rings. The number of nitrogens with one attached hydrogen (secondary N) is 1. The van der Waals surface area contributed by atoms with E-state index in [0.29, 0.717) is 32.3 Å². The average Bonchev–Trinajstić information content (AvgIpc) is 2.87. The highest BCUT2D eigenvalue weighted by molar-refractivity contribution is 7.10. The van der Waals surface area contributed by atoms with Gasteiger partial charge in [0.05, 0.1) is 12.1 Å². The lowest BCUT2D eigenvalue weighted by molar-refractivity contribution is -0.121. The zero-order chi connectivity index (χ0) is 13.0. The molecule has 2 rings (SSSR count). The van der Waals surface area contributed by atoms with Gasteiger partial charge in [-0.1, -0.05) is 6.07 Å². The van der Waals surface area contributed by atoms with Gasteiger partial charge in [-0.15, -0.1) is 11.3 Å². The van der Waals surface area contributed by atoms with Gasteiger partial charge >= 0.3 is 6.09 Å². The molecule has 1 aliphatic rings. The number of hydrogen-bond donors (Lipinski definition) is 1. The SMILES string of the molecule is CCOC(=O)NC1(c2cccs2)CCC(=O)CC1. The van der Waals surface area contributed by atoms with Crippen LogP contribution in [0.2, 0.25) is 0 Å². The van der Waals surface area contributed by atoms with Gasteiger partial charge in [-0.2, -0.15) is 0 Å². The molecular weight excluding hydrogens is 250 g/mol. The molecule has 0 aromatic carbocycles. The highest BCUT2D eigenvalue weighted by Crippen LogP contribution is 2.38. The quantitative estimate of drug-likeness (QED) is 0.916. The summed E-state index contributed by atoms with van der Waals surface area (Å²) in [7, 11) is 0. The van der Waals surface area contributed by atoms with Crippen molar-refractivity contribution in [3.05, 3.63) is 22.4 Å². The minimum Gasteiger partial charge on any atom is -0.450 e. The van der Waals surface area contributed by atoms with Crippen LogP contribution in [0.25, 0.3) is 0 Å². The molecule has 0 spiro atoms. The Balaban J connectivity index is 2.18. The third-order valence-electron chi connectivity index (χ3n) is 3.27. The van der Waals surface area contributed by atoms with Crippen LogP contribution in [0.5, 0.6) is 0 Å². The monoisotopic (exact) mass is 267 g/mol. The number of ether oxygens (including phenoxy) is 1. The van der Waals surface area contributed by atoms with Crippen LogP contribution in [0.4, 0.5) is 4.79 Å². The molecule has 0 unspecified atom stereocenters. The van der Waals surface area contributed by atoms with E-state index in [9.17, 15) is 9.59 Å². The van der Waals surface area contributed by atoms with Crippen molar-refractivity contribution in [2.24, 2.45) is 0 Å². The average molecular weight is 267 g/mol. The van der Waals surface area contributed by atoms with Crippen LogP contribution >= 0.6 is 11.3 Å². The molecular formula is C13H17NO3S. The molecule has 18 heavy (non-hydrogen) atoms. The van der Waals surface area contributed by atoms with Crippen molar-refractivity contribution in [3.63, 3.8) is 0 Å². The molecule has 0 saturated heterocycles. The van der Waals surface area contributed by atoms with Crippen molar-refractivity contribution >= 4 is 23.2 Å². The highest BCUT2D eigenvalue weighted by Gasteiger charge is 2.38. The zero-order valence-electron chi connectivity index (χ0n) is 10.4. The Hall–Kier alpha value is -1.36. The van der Waals surface area contributed by atoms with Crippen LogP contribution in [0, 0.1) is 0 Å². The smallest absolute Gasteiger partial charge is 0.407 e. The van der Waals surface area contributed by atoms with Gasteiger partial charge < -0.3 is 10.1 Å². The lowest BCUT2D eigenvalue weighted by atomic mass is 9.80. The maximum absolute atomic E-state index is 11.7. The number of amides is 1. The van der Waals surface area contributed by atoms with Gasteiger partial charge in [0.2, 0.25) is 0 Å². The van der Waals surface area contributed by atoms with Crippen LogP contribution in [0.3, 0.4) is 0 Å². The molecule has 1 N–H and O–H groups in total. The van der Waals surface area contributed by atoms with Crippen molar-refractivity contribution in [1.29, 1.82) is 0 Å². The lowest BCUT2D eigenvalue weighted by Crippen LogP contribution is -2.48. The fraction of sp³-hybridized carbons (Fsp3) is 0.538. The van der Waals surface area contributed by atoms with E-state index >= 15 is 0 Å². The Bertz CT molecular complexity index is 417. The Morgan fingerprint density at radius 2 is 2.22 bits per heavy atom. The molecule has 0 radical (unpaired) electrons. The Morgan fingerprint density at radius 1 is 1.50 bits per heavy atom. The number of thiophene rings is 1. The lowest BCUT2D eigenvalue weighted by Gasteiger charge is -2.36. The third kappa shape index (κ3) is 2.72. The van der Waals surface area contributed by atoms with Crippen LogP contribution in [0.1, 0.15) is 37.5 Å². The Labute approximate surface area is 110 Å². The van der Waals surface area contributed by atoms with Crippen LogP contribution in [0.15, 0.2) is 17.5 Å². The molecule has 0 bridgehead atoms. The summed E-state index contributed by atoms with van der Waals surface area (Å²) in [4.78, 5) is 24.2. The van der Waals surface area contributed by atoms with E-state index in [0.717, 1.165) is 4.88 Å². The van der Waals surface area contributed by atoms with E-state index in [4.69, 9.17) is 4.74 Å². The molecule has 4 nitrogen and oxygen atoms in total. The fourth-order valence-electron chi connectivity index (χ4n) is 2.30. The maximum Gasteiger partial charge on any atom is 0.407 e. The largest absolute Gasteiger partial charge is 0.450 e. The molecule has 1 saturated carbocycles. The van der Waals surface area contributed by atoms with E-state index in [2.05, 4.69) is 5.32 Å². The predicted octanol–water partition coefficient (Wildman–Crippen LogP) is 2.83. The predicted molar refractivity (Wildman–Crippen MR) is 69.6 cm³/mol. The summed E-state index contributed by atoms with van der Waals surface area (Å²) in [5, 5.41) is 4.94. The second kappa shape index (κ2) is 5.52. The number of carbonyl (C=O) groups is 2. The van der Waals surface area contributed by atoms with Gasteiger partial charge in [0.15, 0.2) is 0 Å². The van der Waals surface area contributed by atoms with E-state index in [1.165, 1.54) is 0 Å². The normalized spacial score (nSPS) is 18.4. The van der Waals surface area contributed by atoms with Crippen LogP contribution < -0.4 is 5.32 Å². The number of hydrogen-bond acceptors (Lipinski definition) is 4. The summed E-state index contributed by atoms with van der Waals surface area (Å²) in [6.07, 6.45) is 1.95. The second-order valence-electron chi connectivity index (χ2n) is 4.44. The van der Waals surface area contributed by atoms with Crippen LogP contribution in [-0.2, 0) is 15.1 Å². The first-order valence-electron chi connectivity index (χ1n) is 6.17. The zero-order valence-corrected chi connectivity index (χ0v) is 11.2. The van der Waals surface area contributed by atoms with Gasteiger partial charge in [-0.05, 0) is 31.2 Å². The number of Topliss-reactive ketones (excluding diaryl/α,β-unsaturated/α-hetero) is 1. The molecule has 1 amide bonds. The molecule has 1 aliphatic carbocycles. The van der Waals surface area contributed by atoms with Gasteiger partial charge in [0, 0.05) is 17.7 Å². The number of ketones is 1. The molecule has 5 heteroatoms. The standard InChI is InChI=1S/C13H17NO3S/c1-2-17-12(16)14-13(11-4-3-9-18-11)7-5-10(15)6-8-13/h3-4,9H,2,5-8H2,1H3,(H,14,16). The summed E-state index contributed by atoms with van der Waals surface area (Å²) < 4.78 is 4.96. The molecule has 0 atom stereocenters. The van der Waals surface area contributed by atoms with Crippen molar-refractivity contribution in [1.82, 2.24) is 5.32 Å². The summed E-state index contributed by atoms with van der Waals surface area (Å²) in [5.41, 5.74) is -0.422. The molecule has 0 aliphatic heterocycles. The summed E-state index contributed by atoms with van der Waals surface area (Å²) in [6, 6.07) is 3.97. The summed E-state index contributed by atoms with van der Waals surface area (Å²) in [6.45, 7) is 2.13. The number of alkyl carbamates (subject to hydrolysis) is 1. The van der Waals surface area contributed by atoms with Gasteiger partial charge in [-0.3, -0.25) is 4.79 Å². The topological polar surface area (TPSA) is 55.4 Å². The van der Waals surface area contributed by atoms with Gasteiger partial charge in [0.1, 0.15) is 5.78 Å². The van der Waals surface area contributed by atoms with Gasteiger partial charge in [-0.25, -0.2) is 4.79 Å². The van der Waals surface area contributed by atoms with E-state index < -0.39 is 11.6 Å². The Kier molecular flexibility index (Phi) is 4.01. The third-order valence-corrected chi connectivity index (χ3v) is 4.34. The van der Waals surface area contributed by atoms with E-state index in [-0.39, 0.29) is 5.78 Å². The first-order valence-corrected chi connectivity index (χ1v) is 7.05. The molecule has 1 heterocycles. The van der Waals surface area contributed by atoms with Crippen molar-refractivity contribution in [3.8, 4) is 0 Å². The molecule has 98 valence electrons. The van der Waals surface area contributed by atoms with Crippen LogP contribution in [-0.4, -0.2) is 18.5 Å². The van der Waals surface area contributed by atoms with E-state index in [1.54, 1.807) is 18.3 Å². The Morgan fingerprint density at radius 3 is 2.78 bits per heavy atom. The van der Waals surface area contributed by atoms with Crippen molar-refractivity contribution in [2.75, 3.05) is 6.61 Å². The summed E-state index contributed by atoms with van der Waals surface area (Å²) >= 11 is 1.61. The number of rotatable bonds is 3. The fourth-order valence-corrected chi connectivity index (χ4v) is 3.24. The maximum atomic E-state index is 11.7. The summed E-state index contributed by atoms with van der Waals surface area (Å²) in [5.74, 6) is 0.271. The van der Waals surface area contributed by atoms with E-state index in [1.807, 2.05) is 17.5 Å². The highest BCUT2D eigenvalue weighted by atomic mass is 32.1.